The quantitative estimate of drug-likeness (QED) is 0.809. The van der Waals surface area contributed by atoms with Gasteiger partial charge >= 0.3 is 0 Å². The first-order valence-electron chi connectivity index (χ1n) is 7.11. The Morgan fingerprint density at radius 1 is 1.35 bits per heavy atom. The first kappa shape index (κ1) is 14.3. The van der Waals surface area contributed by atoms with Crippen molar-refractivity contribution in [2.45, 2.75) is 32.6 Å². The number of para-hydroxylation sites is 1. The molecular formula is C16H21N3O. The number of nitrogens with two attached hydrogens (primary N) is 1. The Morgan fingerprint density at radius 3 is 2.95 bits per heavy atom. The van der Waals surface area contributed by atoms with E-state index in [1.807, 2.05) is 30.3 Å². The predicted molar refractivity (Wildman–Crippen MR) is 82.9 cm³/mol. The highest BCUT2D eigenvalue weighted by molar-refractivity contribution is 6.05. The van der Waals surface area contributed by atoms with E-state index < -0.39 is 0 Å². The number of aliphatic imine (C=N–C) groups is 1. The fourth-order valence-corrected chi connectivity index (χ4v) is 2.18. The Morgan fingerprint density at radius 2 is 2.15 bits per heavy atom. The minimum atomic E-state index is -0.0454. The van der Waals surface area contributed by atoms with Crippen molar-refractivity contribution in [3.05, 3.63) is 35.4 Å². The second kappa shape index (κ2) is 6.89. The lowest BCUT2D eigenvalue weighted by atomic mass is 10.1. The van der Waals surface area contributed by atoms with Crippen LogP contribution in [0.4, 0.5) is 5.69 Å². The highest BCUT2D eigenvalue weighted by atomic mass is 16.1. The van der Waals surface area contributed by atoms with Crippen LogP contribution in [0.5, 0.6) is 0 Å². The zero-order chi connectivity index (χ0) is 14.4. The topological polar surface area (TPSA) is 67.5 Å². The number of amidine groups is 1. The summed E-state index contributed by atoms with van der Waals surface area (Å²) in [6.07, 6.45) is 5.56. The van der Waals surface area contributed by atoms with Crippen LogP contribution >= 0.6 is 0 Å². The average Bonchev–Trinajstić information content (AvgIpc) is 2.61. The SMILES string of the molecule is CCCCCNC(=O)C1=Cc2ccccc2N=C(N)C1. The number of benzene rings is 1. The van der Waals surface area contributed by atoms with Gasteiger partial charge in [-0.2, -0.15) is 0 Å². The molecule has 3 N–H and O–H groups in total. The molecular weight excluding hydrogens is 250 g/mol. The number of nitrogens with one attached hydrogen (secondary N) is 1. The molecule has 1 heterocycles. The molecule has 0 bridgehead atoms. The third-order valence-corrected chi connectivity index (χ3v) is 3.26. The number of unbranched alkanes of at least 4 members (excludes halogenated alkanes) is 2. The summed E-state index contributed by atoms with van der Waals surface area (Å²) in [5.41, 5.74) is 8.31. The first-order chi connectivity index (χ1) is 9.70. The van der Waals surface area contributed by atoms with Gasteiger partial charge in [0.2, 0.25) is 5.91 Å². The van der Waals surface area contributed by atoms with E-state index >= 15 is 0 Å². The Bertz CT molecular complexity index is 546. The molecule has 1 aromatic carbocycles. The average molecular weight is 271 g/mol. The minimum Gasteiger partial charge on any atom is -0.387 e. The molecule has 106 valence electrons. The number of nitrogens with zero attached hydrogens (tertiary/aromatic N) is 1. The third-order valence-electron chi connectivity index (χ3n) is 3.26. The summed E-state index contributed by atoms with van der Waals surface area (Å²) >= 11 is 0. The molecule has 20 heavy (non-hydrogen) atoms. The maximum absolute atomic E-state index is 12.2. The number of hydrogen-bond donors (Lipinski definition) is 2. The smallest absolute Gasteiger partial charge is 0.247 e. The number of amides is 1. The summed E-state index contributed by atoms with van der Waals surface area (Å²) < 4.78 is 0. The van der Waals surface area contributed by atoms with Crippen LogP contribution in [0.1, 0.15) is 38.2 Å². The number of hydrogen-bond acceptors (Lipinski definition) is 3. The van der Waals surface area contributed by atoms with E-state index in [2.05, 4.69) is 17.2 Å². The molecule has 0 radical (unpaired) electrons. The molecule has 0 spiro atoms. The maximum Gasteiger partial charge on any atom is 0.247 e. The highest BCUT2D eigenvalue weighted by Crippen LogP contribution is 2.25. The molecule has 4 nitrogen and oxygen atoms in total. The van der Waals surface area contributed by atoms with Gasteiger partial charge in [-0.3, -0.25) is 4.79 Å². The van der Waals surface area contributed by atoms with Gasteiger partial charge in [0.1, 0.15) is 5.84 Å². The van der Waals surface area contributed by atoms with Gasteiger partial charge in [0.05, 0.1) is 5.69 Å². The molecule has 0 unspecified atom stereocenters. The second-order valence-corrected chi connectivity index (χ2v) is 4.97. The summed E-state index contributed by atoms with van der Waals surface area (Å²) in [5, 5.41) is 2.95. The van der Waals surface area contributed by atoms with Crippen LogP contribution in [0.2, 0.25) is 0 Å². The lowest BCUT2D eigenvalue weighted by molar-refractivity contribution is -0.117. The molecule has 0 saturated heterocycles. The number of fused-ring (bicyclic) bond motifs is 1. The van der Waals surface area contributed by atoms with Crippen LogP contribution in [-0.2, 0) is 4.79 Å². The van der Waals surface area contributed by atoms with Crippen molar-refractivity contribution in [2.24, 2.45) is 10.7 Å². The standard InChI is InChI=1S/C16H21N3O/c1-2-3-6-9-18-16(20)13-10-12-7-4-5-8-14(12)19-15(17)11-13/h4-5,7-8,10H,2-3,6,9,11H2,1H3,(H2,17,19)(H,18,20). The summed E-state index contributed by atoms with van der Waals surface area (Å²) in [6.45, 7) is 2.85. The molecule has 0 atom stereocenters. The fourth-order valence-electron chi connectivity index (χ4n) is 2.18. The number of carbonyl (C=O) groups excluding carboxylic acids is 1. The summed E-state index contributed by atoms with van der Waals surface area (Å²) in [7, 11) is 0. The molecule has 0 fully saturated rings. The van der Waals surface area contributed by atoms with E-state index in [1.54, 1.807) is 0 Å². The number of carbonyl (C=O) groups is 1. The van der Waals surface area contributed by atoms with E-state index in [9.17, 15) is 4.79 Å². The zero-order valence-electron chi connectivity index (χ0n) is 11.9. The van der Waals surface area contributed by atoms with Crippen LogP contribution in [0.25, 0.3) is 6.08 Å². The molecule has 0 aromatic heterocycles. The molecule has 1 aliphatic rings. The van der Waals surface area contributed by atoms with Gasteiger partial charge in [0, 0.05) is 24.1 Å². The second-order valence-electron chi connectivity index (χ2n) is 4.97. The summed E-state index contributed by atoms with van der Waals surface area (Å²) in [4.78, 5) is 16.5. The van der Waals surface area contributed by atoms with E-state index in [4.69, 9.17) is 5.73 Å². The Labute approximate surface area is 119 Å². The van der Waals surface area contributed by atoms with Gasteiger partial charge < -0.3 is 11.1 Å². The molecule has 1 aliphatic heterocycles. The van der Waals surface area contributed by atoms with Crippen LogP contribution in [0, 0.1) is 0 Å². The summed E-state index contributed by atoms with van der Waals surface area (Å²) in [5.74, 6) is 0.431. The van der Waals surface area contributed by atoms with Crippen molar-refractivity contribution in [3.63, 3.8) is 0 Å². The van der Waals surface area contributed by atoms with Gasteiger partial charge in [0.15, 0.2) is 0 Å². The van der Waals surface area contributed by atoms with Crippen LogP contribution in [-0.4, -0.2) is 18.3 Å². The molecule has 1 aromatic rings. The van der Waals surface area contributed by atoms with E-state index in [1.165, 1.54) is 0 Å². The third kappa shape index (κ3) is 3.70. The fraction of sp³-hybridized carbons (Fsp3) is 0.375. The zero-order valence-corrected chi connectivity index (χ0v) is 11.9. The largest absolute Gasteiger partial charge is 0.387 e. The van der Waals surface area contributed by atoms with Crippen molar-refractivity contribution in [1.29, 1.82) is 0 Å². The van der Waals surface area contributed by atoms with Crippen molar-refractivity contribution in [3.8, 4) is 0 Å². The van der Waals surface area contributed by atoms with Crippen LogP contribution in [0.15, 0.2) is 34.8 Å². The Balaban J connectivity index is 2.10. The van der Waals surface area contributed by atoms with Gasteiger partial charge in [0.25, 0.3) is 0 Å². The molecule has 1 amide bonds. The van der Waals surface area contributed by atoms with Crippen LogP contribution < -0.4 is 11.1 Å². The van der Waals surface area contributed by atoms with Crippen molar-refractivity contribution in [2.75, 3.05) is 6.54 Å². The van der Waals surface area contributed by atoms with Crippen molar-refractivity contribution < 1.29 is 4.79 Å². The van der Waals surface area contributed by atoms with Crippen molar-refractivity contribution >= 4 is 23.5 Å². The molecule has 0 aliphatic carbocycles. The first-order valence-corrected chi connectivity index (χ1v) is 7.11. The van der Waals surface area contributed by atoms with Crippen molar-refractivity contribution in [1.82, 2.24) is 5.32 Å². The lowest BCUT2D eigenvalue weighted by Crippen LogP contribution is -2.28. The molecule has 2 rings (SSSR count). The van der Waals surface area contributed by atoms with Gasteiger partial charge in [-0.05, 0) is 18.6 Å². The van der Waals surface area contributed by atoms with Gasteiger partial charge in [-0.25, -0.2) is 4.99 Å². The predicted octanol–water partition coefficient (Wildman–Crippen LogP) is 2.77. The lowest BCUT2D eigenvalue weighted by Gasteiger charge is -2.07. The molecule has 0 saturated carbocycles. The number of rotatable bonds is 5. The Hall–Kier alpha value is -2.10. The summed E-state index contributed by atoms with van der Waals surface area (Å²) in [6, 6.07) is 7.70. The van der Waals surface area contributed by atoms with E-state index in [0.29, 0.717) is 24.4 Å². The van der Waals surface area contributed by atoms with E-state index in [0.717, 1.165) is 30.5 Å². The van der Waals surface area contributed by atoms with Crippen LogP contribution in [0.3, 0.4) is 0 Å². The normalized spacial score (nSPS) is 13.8. The highest BCUT2D eigenvalue weighted by Gasteiger charge is 2.15. The Kier molecular flexibility index (Phi) is 4.93. The van der Waals surface area contributed by atoms with Gasteiger partial charge in [-0.1, -0.05) is 38.0 Å². The molecule has 4 heteroatoms. The maximum atomic E-state index is 12.2. The minimum absolute atomic E-state index is 0.0454. The van der Waals surface area contributed by atoms with Gasteiger partial charge in [-0.15, -0.1) is 0 Å². The monoisotopic (exact) mass is 271 g/mol. The van der Waals surface area contributed by atoms with E-state index in [-0.39, 0.29) is 5.91 Å².